The van der Waals surface area contributed by atoms with Crippen molar-refractivity contribution in [3.63, 3.8) is 0 Å². The van der Waals surface area contributed by atoms with Crippen LogP contribution in [0.25, 0.3) is 0 Å². The SMILES string of the molecule is COc1ccc(CN2CCN(CC(=O)N3CCCC(C)C3)CC2)cc1F. The zero-order chi connectivity index (χ0) is 18.5. The molecule has 6 heteroatoms. The monoisotopic (exact) mass is 363 g/mol. The van der Waals surface area contributed by atoms with Gasteiger partial charge in [-0.05, 0) is 36.5 Å². The number of carbonyl (C=O) groups is 1. The molecule has 0 bridgehead atoms. The summed E-state index contributed by atoms with van der Waals surface area (Å²) in [6.45, 7) is 8.86. The number of benzene rings is 1. The second-order valence-corrected chi connectivity index (χ2v) is 7.61. The van der Waals surface area contributed by atoms with Crippen LogP contribution in [0.3, 0.4) is 0 Å². The molecule has 0 saturated carbocycles. The molecular formula is C20H30FN3O2. The van der Waals surface area contributed by atoms with Gasteiger partial charge in [-0.3, -0.25) is 14.6 Å². The molecule has 5 nitrogen and oxygen atoms in total. The molecule has 2 heterocycles. The van der Waals surface area contributed by atoms with E-state index >= 15 is 0 Å². The summed E-state index contributed by atoms with van der Waals surface area (Å²) in [5, 5.41) is 0. The van der Waals surface area contributed by atoms with Crippen LogP contribution in [0.2, 0.25) is 0 Å². The molecule has 2 saturated heterocycles. The Bertz CT molecular complexity index is 617. The fourth-order valence-corrected chi connectivity index (χ4v) is 3.88. The van der Waals surface area contributed by atoms with Gasteiger partial charge in [-0.2, -0.15) is 0 Å². The maximum atomic E-state index is 13.8. The van der Waals surface area contributed by atoms with Gasteiger partial charge in [0.1, 0.15) is 0 Å². The van der Waals surface area contributed by atoms with Crippen LogP contribution in [0.5, 0.6) is 5.75 Å². The highest BCUT2D eigenvalue weighted by Crippen LogP contribution is 2.19. The van der Waals surface area contributed by atoms with Crippen molar-refractivity contribution in [2.24, 2.45) is 5.92 Å². The lowest BCUT2D eigenvalue weighted by Crippen LogP contribution is -2.50. The smallest absolute Gasteiger partial charge is 0.236 e. The Morgan fingerprint density at radius 1 is 1.19 bits per heavy atom. The van der Waals surface area contributed by atoms with Gasteiger partial charge in [-0.1, -0.05) is 13.0 Å². The molecule has 0 spiro atoms. The zero-order valence-electron chi connectivity index (χ0n) is 15.9. The molecule has 2 aliphatic rings. The molecule has 144 valence electrons. The minimum Gasteiger partial charge on any atom is -0.494 e. The summed E-state index contributed by atoms with van der Waals surface area (Å²) in [6, 6.07) is 5.14. The Morgan fingerprint density at radius 3 is 2.58 bits per heavy atom. The molecule has 1 aromatic rings. The van der Waals surface area contributed by atoms with E-state index in [4.69, 9.17) is 4.74 Å². The predicted octanol–water partition coefficient (Wildman–Crippen LogP) is 2.21. The highest BCUT2D eigenvalue weighted by atomic mass is 19.1. The largest absolute Gasteiger partial charge is 0.494 e. The number of rotatable bonds is 5. The maximum absolute atomic E-state index is 13.8. The third-order valence-electron chi connectivity index (χ3n) is 5.46. The number of methoxy groups -OCH3 is 1. The summed E-state index contributed by atoms with van der Waals surface area (Å²) in [5.41, 5.74) is 0.954. The van der Waals surface area contributed by atoms with Gasteiger partial charge in [-0.25, -0.2) is 4.39 Å². The molecule has 2 fully saturated rings. The Labute approximate surface area is 155 Å². The molecular weight excluding hydrogens is 333 g/mol. The lowest BCUT2D eigenvalue weighted by atomic mass is 10.0. The molecule has 0 radical (unpaired) electrons. The first-order valence-corrected chi connectivity index (χ1v) is 9.60. The number of ether oxygens (including phenoxy) is 1. The Balaban J connectivity index is 1.44. The van der Waals surface area contributed by atoms with Crippen molar-refractivity contribution in [3.05, 3.63) is 29.6 Å². The summed E-state index contributed by atoms with van der Waals surface area (Å²) in [4.78, 5) is 19.1. The van der Waals surface area contributed by atoms with Crippen molar-refractivity contribution in [2.45, 2.75) is 26.3 Å². The van der Waals surface area contributed by atoms with Crippen molar-refractivity contribution >= 4 is 5.91 Å². The normalized spacial score (nSPS) is 22.4. The minimum absolute atomic E-state index is 0.266. The van der Waals surface area contributed by atoms with Crippen LogP contribution in [0.15, 0.2) is 18.2 Å². The van der Waals surface area contributed by atoms with E-state index in [-0.39, 0.29) is 17.5 Å². The first kappa shape index (κ1) is 19.1. The minimum atomic E-state index is -0.315. The van der Waals surface area contributed by atoms with Crippen LogP contribution in [0.1, 0.15) is 25.3 Å². The topological polar surface area (TPSA) is 36.0 Å². The van der Waals surface area contributed by atoms with Crippen molar-refractivity contribution in [1.82, 2.24) is 14.7 Å². The summed E-state index contributed by atoms with van der Waals surface area (Å²) in [5.74, 6) is 0.853. The van der Waals surface area contributed by atoms with Crippen LogP contribution >= 0.6 is 0 Å². The first-order valence-electron chi connectivity index (χ1n) is 9.60. The lowest BCUT2D eigenvalue weighted by molar-refractivity contribution is -0.134. The van der Waals surface area contributed by atoms with Gasteiger partial charge in [0.2, 0.25) is 5.91 Å². The molecule has 3 rings (SSSR count). The van der Waals surface area contributed by atoms with E-state index in [1.54, 1.807) is 12.1 Å². The van der Waals surface area contributed by atoms with Gasteiger partial charge >= 0.3 is 0 Å². The van der Waals surface area contributed by atoms with Gasteiger partial charge in [-0.15, -0.1) is 0 Å². The fraction of sp³-hybridized carbons (Fsp3) is 0.650. The van der Waals surface area contributed by atoms with Crippen LogP contribution in [-0.2, 0) is 11.3 Å². The maximum Gasteiger partial charge on any atom is 0.236 e. The predicted molar refractivity (Wildman–Crippen MR) is 99.6 cm³/mol. The van der Waals surface area contributed by atoms with Gasteiger partial charge in [0.25, 0.3) is 0 Å². The fourth-order valence-electron chi connectivity index (χ4n) is 3.88. The average Bonchev–Trinajstić information content (AvgIpc) is 2.63. The van der Waals surface area contributed by atoms with Gasteiger partial charge in [0, 0.05) is 45.8 Å². The van der Waals surface area contributed by atoms with Crippen LogP contribution in [0, 0.1) is 11.7 Å². The van der Waals surface area contributed by atoms with Crippen molar-refractivity contribution < 1.29 is 13.9 Å². The summed E-state index contributed by atoms with van der Waals surface area (Å²) < 4.78 is 18.8. The molecule has 0 N–H and O–H groups in total. The van der Waals surface area contributed by atoms with E-state index in [1.165, 1.54) is 13.5 Å². The molecule has 2 aliphatic heterocycles. The van der Waals surface area contributed by atoms with E-state index in [1.807, 2.05) is 11.0 Å². The van der Waals surface area contributed by atoms with E-state index in [0.29, 0.717) is 12.5 Å². The Kier molecular flexibility index (Phi) is 6.48. The average molecular weight is 363 g/mol. The molecule has 1 unspecified atom stereocenters. The molecule has 0 aliphatic carbocycles. The summed E-state index contributed by atoms with van der Waals surface area (Å²) in [7, 11) is 1.48. The Morgan fingerprint density at radius 2 is 1.92 bits per heavy atom. The van der Waals surface area contributed by atoms with Crippen LogP contribution in [0.4, 0.5) is 4.39 Å². The highest BCUT2D eigenvalue weighted by Gasteiger charge is 2.24. The van der Waals surface area contributed by atoms with E-state index in [2.05, 4.69) is 16.7 Å². The summed E-state index contributed by atoms with van der Waals surface area (Å²) >= 11 is 0. The van der Waals surface area contributed by atoms with Gasteiger partial charge < -0.3 is 9.64 Å². The quantitative estimate of drug-likeness (QED) is 0.804. The van der Waals surface area contributed by atoms with Crippen LogP contribution in [-0.4, -0.2) is 73.5 Å². The second-order valence-electron chi connectivity index (χ2n) is 7.61. The number of piperidine rings is 1. The van der Waals surface area contributed by atoms with Gasteiger partial charge in [0.15, 0.2) is 11.6 Å². The Hall–Kier alpha value is -1.66. The third-order valence-corrected chi connectivity index (χ3v) is 5.46. The third kappa shape index (κ3) is 4.95. The number of hydrogen-bond acceptors (Lipinski definition) is 4. The number of carbonyl (C=O) groups excluding carboxylic acids is 1. The van der Waals surface area contributed by atoms with E-state index < -0.39 is 0 Å². The zero-order valence-corrected chi connectivity index (χ0v) is 15.9. The van der Waals surface area contributed by atoms with Crippen molar-refractivity contribution in [3.8, 4) is 5.75 Å². The number of nitrogens with zero attached hydrogens (tertiary/aromatic N) is 3. The number of amides is 1. The van der Waals surface area contributed by atoms with Crippen molar-refractivity contribution in [2.75, 3.05) is 52.9 Å². The van der Waals surface area contributed by atoms with Gasteiger partial charge in [0.05, 0.1) is 13.7 Å². The highest BCUT2D eigenvalue weighted by molar-refractivity contribution is 5.78. The summed E-state index contributed by atoms with van der Waals surface area (Å²) in [6.07, 6.45) is 2.35. The number of hydrogen-bond donors (Lipinski definition) is 0. The van der Waals surface area contributed by atoms with E-state index in [0.717, 1.165) is 57.8 Å². The number of likely N-dealkylation sites (tertiary alicyclic amines) is 1. The molecule has 1 amide bonds. The second kappa shape index (κ2) is 8.82. The van der Waals surface area contributed by atoms with E-state index in [9.17, 15) is 9.18 Å². The molecule has 1 aromatic carbocycles. The number of halogens is 1. The molecule has 0 aromatic heterocycles. The lowest BCUT2D eigenvalue weighted by Gasteiger charge is -2.37. The van der Waals surface area contributed by atoms with Crippen LogP contribution < -0.4 is 4.74 Å². The molecule has 1 atom stereocenters. The number of piperazine rings is 1. The standard InChI is InChI=1S/C20H30FN3O2/c1-16-4-3-7-24(13-16)20(25)15-23-10-8-22(9-11-23)14-17-5-6-19(26-2)18(21)12-17/h5-6,12,16H,3-4,7-11,13-15H2,1-2H3. The molecule has 26 heavy (non-hydrogen) atoms. The van der Waals surface area contributed by atoms with Crippen molar-refractivity contribution in [1.29, 1.82) is 0 Å². The first-order chi connectivity index (χ1) is 12.5.